The summed E-state index contributed by atoms with van der Waals surface area (Å²) in [6.07, 6.45) is 3.58. The largest absolute Gasteiger partial charge is 0.381 e. The van der Waals surface area contributed by atoms with Crippen LogP contribution in [0.1, 0.15) is 31.5 Å². The second-order valence-electron chi connectivity index (χ2n) is 6.03. The average Bonchev–Trinajstić information content (AvgIpc) is 2.54. The number of aromatic nitrogens is 1. The molecule has 0 aromatic carbocycles. The number of pyridine rings is 1. The molecule has 1 aromatic rings. The van der Waals surface area contributed by atoms with Crippen molar-refractivity contribution in [2.24, 2.45) is 0 Å². The number of urea groups is 1. The molecule has 6 nitrogen and oxygen atoms in total. The summed E-state index contributed by atoms with van der Waals surface area (Å²) in [5.74, 6) is 0. The molecule has 1 aliphatic heterocycles. The molecule has 0 radical (unpaired) electrons. The lowest BCUT2D eigenvalue weighted by molar-refractivity contribution is -0.00574. The average molecular weight is 306 g/mol. The van der Waals surface area contributed by atoms with Crippen molar-refractivity contribution in [2.75, 3.05) is 33.9 Å². The summed E-state index contributed by atoms with van der Waals surface area (Å²) >= 11 is 0. The summed E-state index contributed by atoms with van der Waals surface area (Å²) in [4.78, 5) is 18.6. The summed E-state index contributed by atoms with van der Waals surface area (Å²) in [5, 5.41) is 5.93. The maximum atomic E-state index is 12.1. The van der Waals surface area contributed by atoms with E-state index < -0.39 is 0 Å². The van der Waals surface area contributed by atoms with Gasteiger partial charge >= 0.3 is 6.03 Å². The highest BCUT2D eigenvalue weighted by molar-refractivity contribution is 5.74. The minimum atomic E-state index is -0.161. The van der Waals surface area contributed by atoms with Crippen LogP contribution in [0.4, 0.5) is 4.79 Å². The third kappa shape index (κ3) is 4.18. The Hall–Kier alpha value is -1.66. The Labute approximate surface area is 132 Å². The fourth-order valence-corrected chi connectivity index (χ4v) is 2.73. The van der Waals surface area contributed by atoms with Gasteiger partial charge in [-0.2, -0.15) is 0 Å². The minimum Gasteiger partial charge on any atom is -0.381 e. The van der Waals surface area contributed by atoms with E-state index in [1.54, 1.807) is 6.20 Å². The zero-order valence-corrected chi connectivity index (χ0v) is 13.6. The van der Waals surface area contributed by atoms with Crippen LogP contribution in [0.25, 0.3) is 0 Å². The first-order valence-corrected chi connectivity index (χ1v) is 7.74. The molecule has 0 unspecified atom stereocenters. The van der Waals surface area contributed by atoms with Crippen LogP contribution < -0.4 is 10.6 Å². The summed E-state index contributed by atoms with van der Waals surface area (Å²) in [6, 6.07) is 5.41. The van der Waals surface area contributed by atoms with Crippen LogP contribution in [0.15, 0.2) is 24.4 Å². The molecule has 1 atom stereocenters. The SMILES string of the molecule is C[C@H](NC(=O)NCC1(N(C)C)CCOCC1)c1ccccn1. The number of amides is 2. The Morgan fingerprint density at radius 1 is 1.41 bits per heavy atom. The van der Waals surface area contributed by atoms with Crippen LogP contribution in [0.3, 0.4) is 0 Å². The summed E-state index contributed by atoms with van der Waals surface area (Å²) in [5.41, 5.74) is 0.829. The minimum absolute atomic E-state index is 0.0240. The molecule has 2 amide bonds. The lowest BCUT2D eigenvalue weighted by Crippen LogP contribution is -2.56. The van der Waals surface area contributed by atoms with Crippen molar-refractivity contribution < 1.29 is 9.53 Å². The van der Waals surface area contributed by atoms with Gasteiger partial charge in [0, 0.05) is 31.5 Å². The fraction of sp³-hybridized carbons (Fsp3) is 0.625. The maximum Gasteiger partial charge on any atom is 0.315 e. The molecule has 1 saturated heterocycles. The molecule has 0 saturated carbocycles. The molecule has 2 N–H and O–H groups in total. The molecule has 0 bridgehead atoms. The first-order valence-electron chi connectivity index (χ1n) is 7.74. The quantitative estimate of drug-likeness (QED) is 0.866. The molecule has 2 rings (SSSR count). The number of hydrogen-bond acceptors (Lipinski definition) is 4. The molecular weight excluding hydrogens is 280 g/mol. The van der Waals surface area contributed by atoms with Gasteiger partial charge in [-0.05, 0) is 46.0 Å². The summed E-state index contributed by atoms with van der Waals surface area (Å²) in [6.45, 7) is 4.03. The van der Waals surface area contributed by atoms with Crippen LogP contribution in [0.2, 0.25) is 0 Å². The van der Waals surface area contributed by atoms with Gasteiger partial charge in [-0.3, -0.25) is 4.98 Å². The monoisotopic (exact) mass is 306 g/mol. The number of nitrogens with one attached hydrogen (secondary N) is 2. The maximum absolute atomic E-state index is 12.1. The van der Waals surface area contributed by atoms with E-state index in [4.69, 9.17) is 4.74 Å². The summed E-state index contributed by atoms with van der Waals surface area (Å²) < 4.78 is 5.44. The van der Waals surface area contributed by atoms with E-state index in [2.05, 4.69) is 34.6 Å². The molecule has 1 aliphatic rings. The van der Waals surface area contributed by atoms with Gasteiger partial charge in [0.1, 0.15) is 0 Å². The van der Waals surface area contributed by atoms with Crippen LogP contribution in [-0.4, -0.2) is 55.3 Å². The normalized spacial score (nSPS) is 18.7. The lowest BCUT2D eigenvalue weighted by atomic mass is 9.88. The van der Waals surface area contributed by atoms with Gasteiger partial charge < -0.3 is 20.3 Å². The van der Waals surface area contributed by atoms with Gasteiger partial charge in [0.15, 0.2) is 0 Å². The van der Waals surface area contributed by atoms with E-state index in [0.717, 1.165) is 31.7 Å². The third-order valence-electron chi connectivity index (χ3n) is 4.43. The van der Waals surface area contributed by atoms with Gasteiger partial charge in [0.25, 0.3) is 0 Å². The van der Waals surface area contributed by atoms with Gasteiger partial charge in [-0.25, -0.2) is 4.79 Å². The topological polar surface area (TPSA) is 66.5 Å². The van der Waals surface area contributed by atoms with Crippen molar-refractivity contribution in [3.8, 4) is 0 Å². The number of ether oxygens (including phenoxy) is 1. The van der Waals surface area contributed by atoms with Crippen molar-refractivity contribution in [3.05, 3.63) is 30.1 Å². The number of nitrogens with zero attached hydrogens (tertiary/aromatic N) is 2. The van der Waals surface area contributed by atoms with E-state index in [9.17, 15) is 4.79 Å². The highest BCUT2D eigenvalue weighted by Crippen LogP contribution is 2.25. The van der Waals surface area contributed by atoms with Gasteiger partial charge in [-0.15, -0.1) is 0 Å². The highest BCUT2D eigenvalue weighted by atomic mass is 16.5. The molecule has 0 spiro atoms. The van der Waals surface area contributed by atoms with Crippen molar-refractivity contribution in [1.82, 2.24) is 20.5 Å². The predicted octanol–water partition coefficient (Wildman–Crippen LogP) is 1.55. The number of carbonyl (C=O) groups is 1. The lowest BCUT2D eigenvalue weighted by Gasteiger charge is -2.42. The molecule has 2 heterocycles. The predicted molar refractivity (Wildman–Crippen MR) is 85.7 cm³/mol. The molecular formula is C16H26N4O2. The molecule has 122 valence electrons. The Balaban J connectivity index is 1.86. The molecule has 22 heavy (non-hydrogen) atoms. The van der Waals surface area contributed by atoms with Crippen LogP contribution in [0.5, 0.6) is 0 Å². The zero-order chi connectivity index (χ0) is 16.0. The number of carbonyl (C=O) groups excluding carboxylic acids is 1. The molecule has 1 fully saturated rings. The van der Waals surface area contributed by atoms with Crippen molar-refractivity contribution in [3.63, 3.8) is 0 Å². The molecule has 0 aliphatic carbocycles. The van der Waals surface area contributed by atoms with Crippen LogP contribution in [-0.2, 0) is 4.74 Å². The number of likely N-dealkylation sites (N-methyl/N-ethyl adjacent to an activating group) is 1. The Morgan fingerprint density at radius 3 is 2.73 bits per heavy atom. The molecule has 1 aromatic heterocycles. The van der Waals surface area contributed by atoms with Crippen LogP contribution >= 0.6 is 0 Å². The Kier molecular flexibility index (Phi) is 5.74. The van der Waals surface area contributed by atoms with Gasteiger partial charge in [0.05, 0.1) is 11.7 Å². The molecule has 6 heteroatoms. The third-order valence-corrected chi connectivity index (χ3v) is 4.43. The van der Waals surface area contributed by atoms with Crippen molar-refractivity contribution in [2.45, 2.75) is 31.3 Å². The van der Waals surface area contributed by atoms with E-state index in [0.29, 0.717) is 6.54 Å². The van der Waals surface area contributed by atoms with E-state index in [1.165, 1.54) is 0 Å². The van der Waals surface area contributed by atoms with E-state index in [-0.39, 0.29) is 17.6 Å². The number of rotatable bonds is 5. The van der Waals surface area contributed by atoms with E-state index in [1.807, 2.05) is 25.1 Å². The zero-order valence-electron chi connectivity index (χ0n) is 13.6. The van der Waals surface area contributed by atoms with E-state index >= 15 is 0 Å². The van der Waals surface area contributed by atoms with Crippen molar-refractivity contribution >= 4 is 6.03 Å². The second-order valence-corrected chi connectivity index (χ2v) is 6.03. The van der Waals surface area contributed by atoms with Gasteiger partial charge in [0.2, 0.25) is 0 Å². The first-order chi connectivity index (χ1) is 10.5. The van der Waals surface area contributed by atoms with Crippen LogP contribution in [0, 0.1) is 0 Å². The Bertz CT molecular complexity index is 472. The van der Waals surface area contributed by atoms with Crippen molar-refractivity contribution in [1.29, 1.82) is 0 Å². The number of hydrogen-bond donors (Lipinski definition) is 2. The fourth-order valence-electron chi connectivity index (χ4n) is 2.73. The Morgan fingerprint density at radius 2 is 2.14 bits per heavy atom. The standard InChI is InChI=1S/C16H26N4O2/c1-13(14-6-4-5-9-17-14)19-15(21)18-12-16(20(2)3)7-10-22-11-8-16/h4-6,9,13H,7-8,10-12H2,1-3H3,(H2,18,19,21)/t13-/m0/s1. The first kappa shape index (κ1) is 16.7. The summed E-state index contributed by atoms with van der Waals surface area (Å²) in [7, 11) is 4.11. The smallest absolute Gasteiger partial charge is 0.315 e. The highest BCUT2D eigenvalue weighted by Gasteiger charge is 2.35. The second kappa shape index (κ2) is 7.56. The van der Waals surface area contributed by atoms with Gasteiger partial charge in [-0.1, -0.05) is 6.07 Å².